The van der Waals surface area contributed by atoms with Crippen LogP contribution in [-0.4, -0.2) is 105 Å². The van der Waals surface area contributed by atoms with Gasteiger partial charge in [0.1, 0.15) is 10.3 Å². The lowest BCUT2D eigenvalue weighted by molar-refractivity contribution is -0.118. The molecule has 5 rings (SSSR count). The topological polar surface area (TPSA) is 134 Å². The number of benzene rings is 1. The fourth-order valence-electron chi connectivity index (χ4n) is 5.61. The monoisotopic (exact) mass is 644 g/mol. The summed E-state index contributed by atoms with van der Waals surface area (Å²) in [5.41, 5.74) is 1.35. The fraction of sp³-hybridized carbons (Fsp3) is 0.533. The molecule has 1 saturated carbocycles. The number of carbonyl (C=O) groups excluding carboxylic acids is 2. The van der Waals surface area contributed by atoms with E-state index in [0.717, 1.165) is 31.2 Å². The summed E-state index contributed by atoms with van der Waals surface area (Å²) in [5, 5.41) is 3.37. The Morgan fingerprint density at radius 3 is 2.45 bits per heavy atom. The number of hydrogen-bond acceptors (Lipinski definition) is 10. The highest BCUT2D eigenvalue weighted by molar-refractivity contribution is 7.89. The van der Waals surface area contributed by atoms with Gasteiger partial charge in [-0.25, -0.2) is 23.2 Å². The van der Waals surface area contributed by atoms with E-state index in [2.05, 4.69) is 20.2 Å². The van der Waals surface area contributed by atoms with Gasteiger partial charge in [0.15, 0.2) is 5.13 Å². The van der Waals surface area contributed by atoms with Gasteiger partial charge in [-0.1, -0.05) is 49.2 Å². The second-order valence-corrected chi connectivity index (χ2v) is 14.4. The Morgan fingerprint density at radius 2 is 1.77 bits per heavy atom. The van der Waals surface area contributed by atoms with E-state index in [4.69, 9.17) is 9.47 Å². The van der Waals surface area contributed by atoms with Crippen molar-refractivity contribution in [1.82, 2.24) is 24.1 Å². The Bertz CT molecular complexity index is 1550. The van der Waals surface area contributed by atoms with Crippen LogP contribution in [0.2, 0.25) is 0 Å². The molecule has 1 N–H and O–H groups in total. The first kappa shape index (κ1) is 32.2. The zero-order valence-electron chi connectivity index (χ0n) is 25.4. The highest BCUT2D eigenvalue weighted by Crippen LogP contribution is 2.36. The summed E-state index contributed by atoms with van der Waals surface area (Å²) in [4.78, 5) is 39.3. The van der Waals surface area contributed by atoms with Crippen molar-refractivity contribution in [2.24, 2.45) is 5.92 Å². The Balaban J connectivity index is 1.30. The van der Waals surface area contributed by atoms with Crippen LogP contribution in [0.4, 0.5) is 9.93 Å². The number of hydrogen-bond donors (Lipinski definition) is 1. The van der Waals surface area contributed by atoms with Gasteiger partial charge in [-0.15, -0.1) is 0 Å². The summed E-state index contributed by atoms with van der Waals surface area (Å²) in [6.07, 6.45) is 4.58. The van der Waals surface area contributed by atoms with Gasteiger partial charge in [0.05, 0.1) is 17.4 Å². The summed E-state index contributed by atoms with van der Waals surface area (Å²) in [5.74, 6) is -0.0931. The predicted molar refractivity (Wildman–Crippen MR) is 169 cm³/mol. The molecular formula is C30H40N6O6S2. The third-order valence-electron chi connectivity index (χ3n) is 8.34. The van der Waals surface area contributed by atoms with E-state index < -0.39 is 22.0 Å². The summed E-state index contributed by atoms with van der Waals surface area (Å²) in [6, 6.07) is 10.0. The lowest BCUT2D eigenvalue weighted by atomic mass is 9.87. The number of aromatic nitrogens is 2. The van der Waals surface area contributed by atoms with Gasteiger partial charge in [-0.05, 0) is 43.1 Å². The van der Waals surface area contributed by atoms with Crippen molar-refractivity contribution in [3.8, 4) is 5.88 Å². The van der Waals surface area contributed by atoms with E-state index in [1.807, 2.05) is 7.05 Å². The van der Waals surface area contributed by atoms with Gasteiger partial charge >= 0.3 is 6.09 Å². The largest absolute Gasteiger partial charge is 0.416 e. The van der Waals surface area contributed by atoms with Crippen LogP contribution in [0.5, 0.6) is 5.88 Å². The SMILES string of the molecule is COCCN(C)C(=O)Oc1ccc2nc(NC(=O)[C@H](CC3CCCC3)c3ccc(S(=O)(=O)N4CCN(C)CC4)cc3)sc2n1. The van der Waals surface area contributed by atoms with E-state index in [-0.39, 0.29) is 16.7 Å². The molecule has 3 heterocycles. The minimum atomic E-state index is -3.60. The molecule has 2 aliphatic rings. The number of carbonyl (C=O) groups is 2. The summed E-state index contributed by atoms with van der Waals surface area (Å²) in [6.45, 7) is 3.07. The first-order valence-electron chi connectivity index (χ1n) is 14.9. The van der Waals surface area contributed by atoms with Crippen molar-refractivity contribution in [2.75, 3.05) is 65.9 Å². The van der Waals surface area contributed by atoms with Gasteiger partial charge in [-0.2, -0.15) is 4.31 Å². The molecule has 2 amide bonds. The molecule has 0 spiro atoms. The number of nitrogens with one attached hydrogen (secondary N) is 1. The molecule has 1 atom stereocenters. The number of anilines is 1. The van der Waals surface area contributed by atoms with Crippen molar-refractivity contribution in [3.63, 3.8) is 0 Å². The van der Waals surface area contributed by atoms with Crippen LogP contribution in [0.25, 0.3) is 10.3 Å². The third-order valence-corrected chi connectivity index (χ3v) is 11.1. The number of fused-ring (bicyclic) bond motifs is 1. The molecule has 12 nitrogen and oxygen atoms in total. The average Bonchev–Trinajstić information content (AvgIpc) is 3.68. The number of sulfonamides is 1. The molecule has 44 heavy (non-hydrogen) atoms. The van der Waals surface area contributed by atoms with E-state index in [0.29, 0.717) is 67.1 Å². The molecule has 1 aromatic carbocycles. The predicted octanol–water partition coefficient (Wildman–Crippen LogP) is 4.01. The van der Waals surface area contributed by atoms with Gasteiger partial charge in [0.2, 0.25) is 21.8 Å². The maximum absolute atomic E-state index is 13.7. The van der Waals surface area contributed by atoms with Crippen LogP contribution in [0.3, 0.4) is 0 Å². The van der Waals surface area contributed by atoms with E-state index in [1.54, 1.807) is 50.6 Å². The number of nitrogens with zero attached hydrogens (tertiary/aromatic N) is 5. The molecule has 0 unspecified atom stereocenters. The Morgan fingerprint density at radius 1 is 1.07 bits per heavy atom. The molecule has 2 fully saturated rings. The van der Waals surface area contributed by atoms with Crippen molar-refractivity contribution >= 4 is 48.8 Å². The number of thiazole rings is 1. The van der Waals surface area contributed by atoms with Gasteiger partial charge in [-0.3, -0.25) is 4.79 Å². The van der Waals surface area contributed by atoms with Crippen LogP contribution in [0.15, 0.2) is 41.3 Å². The van der Waals surface area contributed by atoms with Gasteiger partial charge < -0.3 is 24.6 Å². The molecule has 0 bridgehead atoms. The highest BCUT2D eigenvalue weighted by Gasteiger charge is 2.30. The highest BCUT2D eigenvalue weighted by atomic mass is 32.2. The quantitative estimate of drug-likeness (QED) is 0.329. The standard InChI is InChI=1S/C30H40N6O6S2/c1-34-14-16-36(17-15-34)44(39,40)23-10-8-22(9-11-23)24(20-21-6-4-5-7-21)27(37)33-29-31-25-12-13-26(32-28(25)43-29)42-30(38)35(2)18-19-41-3/h8-13,21,24H,4-7,14-20H2,1-3H3,(H,31,33,37)/t24-/m1/s1. The number of pyridine rings is 1. The normalized spacial score (nSPS) is 17.5. The first-order chi connectivity index (χ1) is 21.1. The minimum absolute atomic E-state index is 0.138. The fourth-order valence-corrected chi connectivity index (χ4v) is 7.87. The minimum Gasteiger partial charge on any atom is -0.391 e. The van der Waals surface area contributed by atoms with Crippen LogP contribution < -0.4 is 10.1 Å². The number of piperazine rings is 1. The molecule has 14 heteroatoms. The maximum Gasteiger partial charge on any atom is 0.416 e. The van der Waals surface area contributed by atoms with E-state index in [1.165, 1.54) is 20.5 Å². The van der Waals surface area contributed by atoms with E-state index in [9.17, 15) is 18.0 Å². The van der Waals surface area contributed by atoms with Crippen LogP contribution in [-0.2, 0) is 19.6 Å². The molecule has 2 aromatic heterocycles. The van der Waals surface area contributed by atoms with Gasteiger partial charge in [0, 0.05) is 52.9 Å². The van der Waals surface area contributed by atoms with Crippen molar-refractivity contribution in [2.45, 2.75) is 42.9 Å². The maximum atomic E-state index is 13.7. The number of ether oxygens (including phenoxy) is 2. The zero-order valence-corrected chi connectivity index (χ0v) is 27.0. The van der Waals surface area contributed by atoms with Crippen LogP contribution in [0, 0.1) is 5.92 Å². The Labute approximate surface area is 262 Å². The number of likely N-dealkylation sites (N-methyl/N-ethyl adjacent to an activating group) is 2. The van der Waals surface area contributed by atoms with Crippen LogP contribution in [0.1, 0.15) is 43.6 Å². The van der Waals surface area contributed by atoms with E-state index >= 15 is 0 Å². The van der Waals surface area contributed by atoms with Crippen molar-refractivity contribution in [3.05, 3.63) is 42.0 Å². The zero-order chi connectivity index (χ0) is 31.3. The van der Waals surface area contributed by atoms with Crippen molar-refractivity contribution in [1.29, 1.82) is 0 Å². The second kappa shape index (κ2) is 14.3. The Hall–Kier alpha value is -3.17. The lowest BCUT2D eigenvalue weighted by Crippen LogP contribution is -2.47. The summed E-state index contributed by atoms with van der Waals surface area (Å²) < 4.78 is 38.4. The van der Waals surface area contributed by atoms with Crippen LogP contribution >= 0.6 is 11.3 Å². The lowest BCUT2D eigenvalue weighted by Gasteiger charge is -2.31. The molecule has 1 aliphatic carbocycles. The Kier molecular flexibility index (Phi) is 10.5. The molecule has 3 aromatic rings. The number of methoxy groups -OCH3 is 1. The molecule has 0 radical (unpaired) electrons. The third kappa shape index (κ3) is 7.72. The molecule has 1 aliphatic heterocycles. The summed E-state index contributed by atoms with van der Waals surface area (Å²) in [7, 11) is 1.56. The second-order valence-electron chi connectivity index (χ2n) is 11.5. The summed E-state index contributed by atoms with van der Waals surface area (Å²) >= 11 is 1.20. The molecule has 1 saturated heterocycles. The molecule has 238 valence electrons. The number of rotatable bonds is 11. The van der Waals surface area contributed by atoms with Crippen molar-refractivity contribution < 1.29 is 27.5 Å². The average molecular weight is 645 g/mol. The smallest absolute Gasteiger partial charge is 0.391 e. The van der Waals surface area contributed by atoms with Gasteiger partial charge in [0.25, 0.3) is 0 Å². The number of amides is 2. The molecular weight excluding hydrogens is 605 g/mol. The first-order valence-corrected chi connectivity index (χ1v) is 17.2.